The molecule has 0 radical (unpaired) electrons. The minimum absolute atomic E-state index is 0.0535. The Bertz CT molecular complexity index is 320. The molecule has 0 fully saturated rings. The third-order valence-electron chi connectivity index (χ3n) is 1.68. The molecule has 0 saturated heterocycles. The summed E-state index contributed by atoms with van der Waals surface area (Å²) in [7, 11) is 0. The largest absolute Gasteiger partial charge is 0.353 e. The Kier molecular flexibility index (Phi) is 4.32. The first-order chi connectivity index (χ1) is 6.72. The van der Waals surface area contributed by atoms with Gasteiger partial charge in [0.05, 0.1) is 5.01 Å². The summed E-state index contributed by atoms with van der Waals surface area (Å²) in [5, 5.41) is 5.75. The van der Waals surface area contributed by atoms with E-state index in [2.05, 4.69) is 16.9 Å². The van der Waals surface area contributed by atoms with Crippen molar-refractivity contribution in [3.05, 3.63) is 28.7 Å². The summed E-state index contributed by atoms with van der Waals surface area (Å²) < 4.78 is 0. The first-order valence-corrected chi connectivity index (χ1v) is 5.39. The maximum atomic E-state index is 11.2. The summed E-state index contributed by atoms with van der Waals surface area (Å²) in [6.07, 6.45) is 2.90. The quantitative estimate of drug-likeness (QED) is 0.751. The van der Waals surface area contributed by atoms with Crippen LogP contribution in [0.1, 0.15) is 17.1 Å². The van der Waals surface area contributed by atoms with Crippen LogP contribution < -0.4 is 5.32 Å². The van der Waals surface area contributed by atoms with Crippen LogP contribution in [0.2, 0.25) is 0 Å². The van der Waals surface area contributed by atoms with Crippen LogP contribution in [-0.2, 0) is 11.2 Å². The maximum absolute atomic E-state index is 11.2. The summed E-state index contributed by atoms with van der Waals surface area (Å²) in [5.74, 6) is 0.0535. The SMILES string of the molecule is C=CCNC(=O)CCc1nc(C)cs1. The fourth-order valence-electron chi connectivity index (χ4n) is 1.01. The molecule has 0 bridgehead atoms. The minimum Gasteiger partial charge on any atom is -0.353 e. The number of carbonyl (C=O) groups is 1. The van der Waals surface area contributed by atoms with E-state index in [4.69, 9.17) is 0 Å². The normalized spacial score (nSPS) is 9.79. The number of carbonyl (C=O) groups excluding carboxylic acids is 1. The average Bonchev–Trinajstić information content (AvgIpc) is 2.58. The zero-order valence-corrected chi connectivity index (χ0v) is 9.06. The molecule has 0 aliphatic heterocycles. The van der Waals surface area contributed by atoms with Crippen molar-refractivity contribution < 1.29 is 4.79 Å². The third-order valence-corrected chi connectivity index (χ3v) is 2.70. The lowest BCUT2D eigenvalue weighted by atomic mass is 10.3. The molecule has 1 amide bonds. The van der Waals surface area contributed by atoms with Gasteiger partial charge >= 0.3 is 0 Å². The molecule has 1 rings (SSSR count). The topological polar surface area (TPSA) is 42.0 Å². The summed E-state index contributed by atoms with van der Waals surface area (Å²) in [6, 6.07) is 0. The van der Waals surface area contributed by atoms with Crippen LogP contribution >= 0.6 is 11.3 Å². The number of hydrogen-bond acceptors (Lipinski definition) is 3. The van der Waals surface area contributed by atoms with Crippen LogP contribution in [0.3, 0.4) is 0 Å². The molecule has 0 aliphatic carbocycles. The van der Waals surface area contributed by atoms with E-state index in [0.717, 1.165) is 17.1 Å². The number of aromatic nitrogens is 1. The van der Waals surface area contributed by atoms with Gasteiger partial charge in [-0.3, -0.25) is 4.79 Å². The molecule has 14 heavy (non-hydrogen) atoms. The standard InChI is InChI=1S/C10H14N2OS/c1-3-6-11-9(13)4-5-10-12-8(2)7-14-10/h3,7H,1,4-6H2,2H3,(H,11,13). The molecule has 0 aromatic carbocycles. The van der Waals surface area contributed by atoms with Crippen LogP contribution in [0.5, 0.6) is 0 Å². The first kappa shape index (κ1) is 10.9. The zero-order chi connectivity index (χ0) is 10.4. The molecule has 0 unspecified atom stereocenters. The molecule has 76 valence electrons. The van der Waals surface area contributed by atoms with Crippen molar-refractivity contribution in [3.63, 3.8) is 0 Å². The second-order valence-corrected chi connectivity index (χ2v) is 3.92. The van der Waals surface area contributed by atoms with Crippen molar-refractivity contribution in [1.29, 1.82) is 0 Å². The molecule has 0 spiro atoms. The second-order valence-electron chi connectivity index (χ2n) is 2.98. The molecule has 1 heterocycles. The molecular formula is C10H14N2OS. The number of aryl methyl sites for hydroxylation is 2. The van der Waals surface area contributed by atoms with Crippen LogP contribution in [0.15, 0.2) is 18.0 Å². The molecule has 1 aromatic rings. The summed E-state index contributed by atoms with van der Waals surface area (Å²) in [6.45, 7) is 6.02. The molecule has 0 saturated carbocycles. The molecule has 0 aliphatic rings. The van der Waals surface area contributed by atoms with Gasteiger partial charge in [0, 0.05) is 30.5 Å². The number of thiazole rings is 1. The number of hydrogen-bond donors (Lipinski definition) is 1. The summed E-state index contributed by atoms with van der Waals surface area (Å²) in [4.78, 5) is 15.5. The molecule has 4 heteroatoms. The van der Waals surface area contributed by atoms with E-state index in [1.807, 2.05) is 12.3 Å². The number of nitrogens with zero attached hydrogens (tertiary/aromatic N) is 1. The van der Waals surface area contributed by atoms with Crippen molar-refractivity contribution in [3.8, 4) is 0 Å². The van der Waals surface area contributed by atoms with Gasteiger partial charge in [-0.15, -0.1) is 17.9 Å². The predicted molar refractivity (Wildman–Crippen MR) is 58.4 cm³/mol. The minimum atomic E-state index is 0.0535. The van der Waals surface area contributed by atoms with E-state index in [1.54, 1.807) is 17.4 Å². The van der Waals surface area contributed by atoms with Crippen molar-refractivity contribution in [2.75, 3.05) is 6.54 Å². The van der Waals surface area contributed by atoms with Crippen molar-refractivity contribution >= 4 is 17.2 Å². The molecule has 3 nitrogen and oxygen atoms in total. The Hall–Kier alpha value is -1.16. The summed E-state index contributed by atoms with van der Waals surface area (Å²) in [5.41, 5.74) is 1.02. The fraction of sp³-hybridized carbons (Fsp3) is 0.400. The van der Waals surface area contributed by atoms with Crippen LogP contribution in [0.25, 0.3) is 0 Å². The van der Waals surface area contributed by atoms with Gasteiger partial charge in [-0.05, 0) is 6.92 Å². The molecule has 0 atom stereocenters. The van der Waals surface area contributed by atoms with Crippen molar-refractivity contribution in [2.24, 2.45) is 0 Å². The lowest BCUT2D eigenvalue weighted by Gasteiger charge is -1.99. The van der Waals surface area contributed by atoms with E-state index in [9.17, 15) is 4.79 Å². The fourth-order valence-corrected chi connectivity index (χ4v) is 1.79. The highest BCUT2D eigenvalue weighted by atomic mass is 32.1. The second kappa shape index (κ2) is 5.54. The Labute approximate surface area is 87.9 Å². The smallest absolute Gasteiger partial charge is 0.220 e. The van der Waals surface area contributed by atoms with E-state index in [-0.39, 0.29) is 5.91 Å². The highest BCUT2D eigenvalue weighted by molar-refractivity contribution is 7.09. The number of amides is 1. The lowest BCUT2D eigenvalue weighted by Crippen LogP contribution is -2.23. The maximum Gasteiger partial charge on any atom is 0.220 e. The highest BCUT2D eigenvalue weighted by Crippen LogP contribution is 2.10. The van der Waals surface area contributed by atoms with Gasteiger partial charge in [-0.2, -0.15) is 0 Å². The number of nitrogens with one attached hydrogen (secondary N) is 1. The Morgan fingerprint density at radius 3 is 3.14 bits per heavy atom. The number of rotatable bonds is 5. The Morgan fingerprint density at radius 2 is 2.57 bits per heavy atom. The predicted octanol–water partition coefficient (Wildman–Crippen LogP) is 1.69. The Morgan fingerprint density at radius 1 is 1.79 bits per heavy atom. The van der Waals surface area contributed by atoms with Gasteiger partial charge < -0.3 is 5.32 Å². The van der Waals surface area contributed by atoms with Gasteiger partial charge in [-0.25, -0.2) is 4.98 Å². The monoisotopic (exact) mass is 210 g/mol. The molecular weight excluding hydrogens is 196 g/mol. The highest BCUT2D eigenvalue weighted by Gasteiger charge is 2.03. The zero-order valence-electron chi connectivity index (χ0n) is 8.25. The van der Waals surface area contributed by atoms with E-state index in [0.29, 0.717) is 13.0 Å². The summed E-state index contributed by atoms with van der Waals surface area (Å²) >= 11 is 1.60. The first-order valence-electron chi connectivity index (χ1n) is 4.51. The molecule has 1 N–H and O–H groups in total. The van der Waals surface area contributed by atoms with E-state index in [1.165, 1.54) is 0 Å². The lowest BCUT2D eigenvalue weighted by molar-refractivity contribution is -0.120. The van der Waals surface area contributed by atoms with E-state index < -0.39 is 0 Å². The van der Waals surface area contributed by atoms with Gasteiger partial charge in [-0.1, -0.05) is 6.08 Å². The Balaban J connectivity index is 2.26. The average molecular weight is 210 g/mol. The van der Waals surface area contributed by atoms with Gasteiger partial charge in [0.15, 0.2) is 0 Å². The van der Waals surface area contributed by atoms with Crippen LogP contribution in [0, 0.1) is 6.92 Å². The van der Waals surface area contributed by atoms with Crippen molar-refractivity contribution in [2.45, 2.75) is 19.8 Å². The van der Waals surface area contributed by atoms with Crippen LogP contribution in [0.4, 0.5) is 0 Å². The van der Waals surface area contributed by atoms with Gasteiger partial charge in [0.1, 0.15) is 0 Å². The van der Waals surface area contributed by atoms with Crippen LogP contribution in [-0.4, -0.2) is 17.4 Å². The third kappa shape index (κ3) is 3.70. The van der Waals surface area contributed by atoms with Gasteiger partial charge in [0.2, 0.25) is 5.91 Å². The van der Waals surface area contributed by atoms with Gasteiger partial charge in [0.25, 0.3) is 0 Å². The van der Waals surface area contributed by atoms with Crippen molar-refractivity contribution in [1.82, 2.24) is 10.3 Å². The molecule has 1 aromatic heterocycles. The van der Waals surface area contributed by atoms with E-state index >= 15 is 0 Å².